The minimum atomic E-state index is -0.239. The van der Waals surface area contributed by atoms with Crippen molar-refractivity contribution in [2.24, 2.45) is 5.92 Å². The molecule has 1 N–H and O–H groups in total. The number of hydrogen-bond acceptors (Lipinski definition) is 5. The lowest BCUT2D eigenvalue weighted by molar-refractivity contribution is -0.135. The smallest absolute Gasteiger partial charge is 0.271 e. The van der Waals surface area contributed by atoms with Crippen LogP contribution in [0.15, 0.2) is 12.4 Å². The minimum Gasteiger partial charge on any atom is -0.347 e. The first kappa shape index (κ1) is 16.2. The second-order valence-corrected chi connectivity index (χ2v) is 7.32. The molecule has 2 atom stereocenters. The molecule has 1 aromatic rings. The summed E-state index contributed by atoms with van der Waals surface area (Å²) in [6, 6.07) is -0.0901. The molecule has 2 fully saturated rings. The Hall–Kier alpha value is -1.63. The first-order chi connectivity index (χ1) is 11.1. The highest BCUT2D eigenvalue weighted by molar-refractivity contribution is 7.99. The lowest BCUT2D eigenvalue weighted by Crippen LogP contribution is -2.48. The summed E-state index contributed by atoms with van der Waals surface area (Å²) >= 11 is 1.89. The first-order valence-electron chi connectivity index (χ1n) is 8.11. The Balaban J connectivity index is 1.63. The van der Waals surface area contributed by atoms with Crippen LogP contribution >= 0.6 is 11.8 Å². The second kappa shape index (κ2) is 7.29. The van der Waals surface area contributed by atoms with Gasteiger partial charge in [-0.15, -0.1) is 0 Å². The molecule has 1 aromatic heterocycles. The molecule has 2 aliphatic rings. The van der Waals surface area contributed by atoms with E-state index in [0.29, 0.717) is 5.69 Å². The highest BCUT2D eigenvalue weighted by Gasteiger charge is 2.37. The van der Waals surface area contributed by atoms with Crippen LogP contribution in [-0.2, 0) is 4.79 Å². The third-order valence-corrected chi connectivity index (χ3v) is 5.43. The number of nitrogens with one attached hydrogen (secondary N) is 1. The van der Waals surface area contributed by atoms with Gasteiger partial charge in [-0.3, -0.25) is 14.6 Å². The maximum atomic E-state index is 12.7. The number of carbonyl (C=O) groups excluding carboxylic acids is 2. The summed E-state index contributed by atoms with van der Waals surface area (Å²) in [5.41, 5.74) is 1.08. The molecule has 7 heteroatoms. The molecule has 2 heterocycles. The zero-order valence-corrected chi connectivity index (χ0v) is 14.1. The molecular weight excluding hydrogens is 312 g/mol. The van der Waals surface area contributed by atoms with Crippen molar-refractivity contribution >= 4 is 23.6 Å². The maximum absolute atomic E-state index is 12.7. The average molecular weight is 334 g/mol. The molecule has 2 amide bonds. The van der Waals surface area contributed by atoms with Crippen LogP contribution in [0.25, 0.3) is 0 Å². The van der Waals surface area contributed by atoms with Gasteiger partial charge in [-0.1, -0.05) is 6.42 Å². The summed E-state index contributed by atoms with van der Waals surface area (Å²) in [6.07, 6.45) is 5.75. The highest BCUT2D eigenvalue weighted by atomic mass is 32.2. The molecule has 3 rings (SSSR count). The van der Waals surface area contributed by atoms with Gasteiger partial charge in [-0.2, -0.15) is 11.8 Å². The van der Waals surface area contributed by atoms with Crippen molar-refractivity contribution in [2.75, 3.05) is 24.6 Å². The molecule has 0 radical (unpaired) electrons. The molecule has 23 heavy (non-hydrogen) atoms. The molecule has 0 aromatic carbocycles. The SMILES string of the molecule is Cc1cnc(C(=O)N[C@@H]2CCC[C@@H]2C(=O)N2CCSCC2)cn1. The quantitative estimate of drug-likeness (QED) is 0.901. The Morgan fingerprint density at radius 3 is 2.70 bits per heavy atom. The second-order valence-electron chi connectivity index (χ2n) is 6.10. The largest absolute Gasteiger partial charge is 0.347 e. The summed E-state index contributed by atoms with van der Waals surface area (Å²) in [5.74, 6) is 1.88. The molecule has 124 valence electrons. The Labute approximate surface area is 140 Å². The monoisotopic (exact) mass is 334 g/mol. The van der Waals surface area contributed by atoms with Gasteiger partial charge in [0.2, 0.25) is 5.91 Å². The van der Waals surface area contributed by atoms with Crippen LogP contribution < -0.4 is 5.32 Å². The van der Waals surface area contributed by atoms with Gasteiger partial charge in [0, 0.05) is 36.8 Å². The van der Waals surface area contributed by atoms with Crippen molar-refractivity contribution in [3.05, 3.63) is 23.8 Å². The number of aromatic nitrogens is 2. The zero-order chi connectivity index (χ0) is 16.2. The van der Waals surface area contributed by atoms with Crippen molar-refractivity contribution in [2.45, 2.75) is 32.2 Å². The van der Waals surface area contributed by atoms with E-state index >= 15 is 0 Å². The molecular formula is C16H22N4O2S. The molecule has 0 spiro atoms. The van der Waals surface area contributed by atoms with Crippen LogP contribution in [0, 0.1) is 12.8 Å². The summed E-state index contributed by atoms with van der Waals surface area (Å²) < 4.78 is 0. The summed E-state index contributed by atoms with van der Waals surface area (Å²) in [6.45, 7) is 3.48. The fourth-order valence-electron chi connectivity index (χ4n) is 3.20. The topological polar surface area (TPSA) is 75.2 Å². The van der Waals surface area contributed by atoms with Gasteiger partial charge in [0.1, 0.15) is 5.69 Å². The predicted octanol–water partition coefficient (Wildman–Crippen LogP) is 1.26. The molecule has 1 aliphatic carbocycles. The molecule has 1 aliphatic heterocycles. The van der Waals surface area contributed by atoms with Gasteiger partial charge in [0.15, 0.2) is 0 Å². The Morgan fingerprint density at radius 1 is 1.22 bits per heavy atom. The van der Waals surface area contributed by atoms with E-state index in [0.717, 1.165) is 49.6 Å². The summed E-state index contributed by atoms with van der Waals surface area (Å²) in [5, 5.41) is 2.99. The Morgan fingerprint density at radius 2 is 2.00 bits per heavy atom. The summed E-state index contributed by atoms with van der Waals surface area (Å²) in [4.78, 5) is 35.2. The van der Waals surface area contributed by atoms with Crippen molar-refractivity contribution in [1.29, 1.82) is 0 Å². The van der Waals surface area contributed by atoms with Crippen molar-refractivity contribution in [3.63, 3.8) is 0 Å². The minimum absolute atomic E-state index is 0.0901. The van der Waals surface area contributed by atoms with Crippen LogP contribution in [0.4, 0.5) is 0 Å². The number of hydrogen-bond donors (Lipinski definition) is 1. The third-order valence-electron chi connectivity index (χ3n) is 4.49. The van der Waals surface area contributed by atoms with Crippen LogP contribution in [0.5, 0.6) is 0 Å². The number of aryl methyl sites for hydroxylation is 1. The van der Waals surface area contributed by atoms with Crippen molar-refractivity contribution in [3.8, 4) is 0 Å². The fraction of sp³-hybridized carbons (Fsp3) is 0.625. The van der Waals surface area contributed by atoms with Gasteiger partial charge in [-0.25, -0.2) is 4.98 Å². The van der Waals surface area contributed by atoms with Gasteiger partial charge in [-0.05, 0) is 19.8 Å². The zero-order valence-electron chi connectivity index (χ0n) is 13.3. The van der Waals surface area contributed by atoms with Crippen molar-refractivity contribution in [1.82, 2.24) is 20.2 Å². The number of nitrogens with zero attached hydrogens (tertiary/aromatic N) is 3. The molecule has 1 saturated heterocycles. The van der Waals surface area contributed by atoms with E-state index in [-0.39, 0.29) is 23.8 Å². The number of carbonyl (C=O) groups is 2. The lowest BCUT2D eigenvalue weighted by atomic mass is 10.0. The molecule has 1 saturated carbocycles. The van der Waals surface area contributed by atoms with Gasteiger partial charge in [0.05, 0.1) is 17.8 Å². The van der Waals surface area contributed by atoms with Crippen molar-refractivity contribution < 1.29 is 9.59 Å². The number of thioether (sulfide) groups is 1. The normalized spacial score (nSPS) is 24.5. The lowest BCUT2D eigenvalue weighted by Gasteiger charge is -2.31. The van der Waals surface area contributed by atoms with Crippen LogP contribution in [0.1, 0.15) is 35.4 Å². The van der Waals surface area contributed by atoms with E-state index in [9.17, 15) is 9.59 Å². The highest BCUT2D eigenvalue weighted by Crippen LogP contribution is 2.28. The number of rotatable bonds is 3. The molecule has 0 unspecified atom stereocenters. The molecule has 0 bridgehead atoms. The first-order valence-corrected chi connectivity index (χ1v) is 9.26. The van der Waals surface area contributed by atoms with E-state index < -0.39 is 0 Å². The average Bonchev–Trinajstić information content (AvgIpc) is 3.03. The van der Waals surface area contributed by atoms with Gasteiger partial charge >= 0.3 is 0 Å². The van der Waals surface area contributed by atoms with E-state index in [1.54, 1.807) is 6.20 Å². The Kier molecular flexibility index (Phi) is 5.15. The van der Waals surface area contributed by atoms with Crippen LogP contribution in [-0.4, -0.2) is 57.3 Å². The standard InChI is InChI=1S/C16H22N4O2S/c1-11-9-18-14(10-17-11)15(21)19-13-4-2-3-12(13)16(22)20-5-7-23-8-6-20/h9-10,12-13H,2-8H2,1H3,(H,19,21)/t12-,13+/m0/s1. The number of amides is 2. The van der Waals surface area contributed by atoms with Crippen LogP contribution in [0.2, 0.25) is 0 Å². The maximum Gasteiger partial charge on any atom is 0.271 e. The Bertz CT molecular complexity index is 572. The van der Waals surface area contributed by atoms with E-state index in [1.165, 1.54) is 6.20 Å². The van der Waals surface area contributed by atoms with E-state index in [1.807, 2.05) is 23.6 Å². The fourth-order valence-corrected chi connectivity index (χ4v) is 4.10. The third kappa shape index (κ3) is 3.83. The van der Waals surface area contributed by atoms with E-state index in [4.69, 9.17) is 0 Å². The van der Waals surface area contributed by atoms with Gasteiger partial charge in [0.25, 0.3) is 5.91 Å². The van der Waals surface area contributed by atoms with Crippen LogP contribution in [0.3, 0.4) is 0 Å². The molecule has 6 nitrogen and oxygen atoms in total. The predicted molar refractivity (Wildman–Crippen MR) is 89.3 cm³/mol. The van der Waals surface area contributed by atoms with E-state index in [2.05, 4.69) is 15.3 Å². The van der Waals surface area contributed by atoms with Gasteiger partial charge < -0.3 is 10.2 Å². The summed E-state index contributed by atoms with van der Waals surface area (Å²) in [7, 11) is 0.